The molecule has 0 aromatic rings. The van der Waals surface area contributed by atoms with Crippen LogP contribution in [0.2, 0.25) is 0 Å². The third kappa shape index (κ3) is 5.93. The van der Waals surface area contributed by atoms with Crippen LogP contribution in [0, 0.1) is 0 Å². The highest BCUT2D eigenvalue weighted by atomic mass is 32.1. The number of likely N-dealkylation sites (tertiary alicyclic amines) is 1. The Hall–Kier alpha value is -0.750. The Morgan fingerprint density at radius 2 is 1.94 bits per heavy atom. The fourth-order valence-electron chi connectivity index (χ4n) is 1.97. The van der Waals surface area contributed by atoms with Crippen molar-refractivity contribution in [1.29, 1.82) is 0 Å². The number of piperidine rings is 1. The second-order valence-electron chi connectivity index (χ2n) is 4.37. The van der Waals surface area contributed by atoms with Crippen LogP contribution in [0.5, 0.6) is 0 Å². The summed E-state index contributed by atoms with van der Waals surface area (Å²) >= 11 is 4.03. The second kappa shape index (κ2) is 7.55. The average molecular weight is 259 g/mol. The number of primary amides is 1. The smallest absolute Gasteiger partial charge is 0.221 e. The van der Waals surface area contributed by atoms with Crippen LogP contribution >= 0.6 is 12.6 Å². The molecule has 1 aliphatic rings. The van der Waals surface area contributed by atoms with Gasteiger partial charge in [-0.15, -0.1) is 0 Å². The van der Waals surface area contributed by atoms with Gasteiger partial charge in [-0.05, 0) is 18.6 Å². The lowest BCUT2D eigenvalue weighted by molar-refractivity contribution is -0.121. The molecule has 1 heterocycles. The minimum absolute atomic E-state index is 0.0792. The van der Waals surface area contributed by atoms with Gasteiger partial charge in [0.2, 0.25) is 11.8 Å². The standard InChI is InChI=1S/C11H21N3O2S/c12-10(15)3-7-14-5-1-9(2-6-14)13-11(16)4-8-17/h9,17H,1-8H2,(H2,12,15)(H,13,16). The molecule has 0 unspecified atom stereocenters. The molecule has 0 bridgehead atoms. The Morgan fingerprint density at radius 3 is 2.47 bits per heavy atom. The summed E-state index contributed by atoms with van der Waals surface area (Å²) in [5.41, 5.74) is 5.11. The molecule has 0 aliphatic carbocycles. The van der Waals surface area contributed by atoms with Gasteiger partial charge in [0.15, 0.2) is 0 Å². The summed E-state index contributed by atoms with van der Waals surface area (Å²) in [5.74, 6) is 0.410. The number of hydrogen-bond donors (Lipinski definition) is 3. The molecule has 5 nitrogen and oxygen atoms in total. The van der Waals surface area contributed by atoms with E-state index in [9.17, 15) is 9.59 Å². The number of nitrogens with zero attached hydrogens (tertiary/aromatic N) is 1. The first-order valence-corrected chi connectivity index (χ1v) is 6.66. The summed E-state index contributed by atoms with van der Waals surface area (Å²) in [4.78, 5) is 24.2. The third-order valence-corrected chi connectivity index (χ3v) is 3.19. The largest absolute Gasteiger partial charge is 0.370 e. The molecule has 1 fully saturated rings. The maximum Gasteiger partial charge on any atom is 0.221 e. The quantitative estimate of drug-likeness (QED) is 0.576. The Labute approximate surface area is 108 Å². The van der Waals surface area contributed by atoms with Crippen LogP contribution in [0.4, 0.5) is 0 Å². The van der Waals surface area contributed by atoms with Crippen molar-refractivity contribution >= 4 is 24.4 Å². The molecular weight excluding hydrogens is 238 g/mol. The number of amides is 2. The van der Waals surface area contributed by atoms with Crippen molar-refractivity contribution in [3.05, 3.63) is 0 Å². The van der Waals surface area contributed by atoms with Crippen molar-refractivity contribution in [1.82, 2.24) is 10.2 Å². The first-order valence-electron chi connectivity index (χ1n) is 6.02. The van der Waals surface area contributed by atoms with E-state index in [0.717, 1.165) is 32.5 Å². The summed E-state index contributed by atoms with van der Waals surface area (Å²) in [7, 11) is 0. The number of rotatable bonds is 6. The summed E-state index contributed by atoms with van der Waals surface area (Å²) in [6.45, 7) is 2.56. The van der Waals surface area contributed by atoms with Crippen LogP contribution in [0.25, 0.3) is 0 Å². The zero-order chi connectivity index (χ0) is 12.7. The van der Waals surface area contributed by atoms with Gasteiger partial charge in [-0.1, -0.05) is 0 Å². The minimum Gasteiger partial charge on any atom is -0.370 e. The molecule has 2 amide bonds. The molecular formula is C11H21N3O2S. The zero-order valence-electron chi connectivity index (χ0n) is 10.0. The molecule has 98 valence electrons. The molecule has 0 spiro atoms. The van der Waals surface area contributed by atoms with E-state index < -0.39 is 0 Å². The number of carbonyl (C=O) groups is 2. The van der Waals surface area contributed by atoms with Crippen molar-refractivity contribution in [3.63, 3.8) is 0 Å². The number of carbonyl (C=O) groups excluding carboxylic acids is 2. The molecule has 0 atom stereocenters. The lowest BCUT2D eigenvalue weighted by Crippen LogP contribution is -2.45. The first kappa shape index (κ1) is 14.3. The van der Waals surface area contributed by atoms with E-state index in [0.29, 0.717) is 18.6 Å². The molecule has 0 aromatic carbocycles. The van der Waals surface area contributed by atoms with E-state index in [2.05, 4.69) is 22.8 Å². The fraction of sp³-hybridized carbons (Fsp3) is 0.818. The minimum atomic E-state index is -0.255. The highest BCUT2D eigenvalue weighted by Crippen LogP contribution is 2.10. The van der Waals surface area contributed by atoms with Gasteiger partial charge in [0.05, 0.1) is 0 Å². The maximum absolute atomic E-state index is 11.4. The molecule has 1 aliphatic heterocycles. The second-order valence-corrected chi connectivity index (χ2v) is 4.82. The van der Waals surface area contributed by atoms with Crippen molar-refractivity contribution in [3.8, 4) is 0 Å². The number of nitrogens with two attached hydrogens (primary N) is 1. The molecule has 17 heavy (non-hydrogen) atoms. The van der Waals surface area contributed by atoms with Gasteiger partial charge in [0, 0.05) is 38.5 Å². The van der Waals surface area contributed by atoms with Crippen molar-refractivity contribution in [2.75, 3.05) is 25.4 Å². The average Bonchev–Trinajstić information content (AvgIpc) is 2.28. The molecule has 0 radical (unpaired) electrons. The van der Waals surface area contributed by atoms with E-state index >= 15 is 0 Å². The van der Waals surface area contributed by atoms with Gasteiger partial charge >= 0.3 is 0 Å². The van der Waals surface area contributed by atoms with E-state index in [1.54, 1.807) is 0 Å². The third-order valence-electron chi connectivity index (χ3n) is 2.97. The number of hydrogen-bond acceptors (Lipinski definition) is 4. The SMILES string of the molecule is NC(=O)CCN1CCC(NC(=O)CCS)CC1. The Morgan fingerprint density at radius 1 is 1.29 bits per heavy atom. The van der Waals surface area contributed by atoms with E-state index in [1.165, 1.54) is 0 Å². The molecule has 3 N–H and O–H groups in total. The Kier molecular flexibility index (Phi) is 6.36. The van der Waals surface area contributed by atoms with Crippen molar-refractivity contribution in [2.45, 2.75) is 31.7 Å². The first-order chi connectivity index (χ1) is 8.11. The topological polar surface area (TPSA) is 75.4 Å². The predicted molar refractivity (Wildman–Crippen MR) is 69.9 cm³/mol. The summed E-state index contributed by atoms with van der Waals surface area (Å²) in [6, 6.07) is 0.271. The van der Waals surface area contributed by atoms with Crippen LogP contribution in [0.15, 0.2) is 0 Å². The maximum atomic E-state index is 11.4. The summed E-state index contributed by atoms with van der Waals surface area (Å²) < 4.78 is 0. The molecule has 0 aromatic heterocycles. The molecule has 6 heteroatoms. The van der Waals surface area contributed by atoms with Crippen LogP contribution in [0.1, 0.15) is 25.7 Å². The fourth-order valence-corrected chi connectivity index (χ4v) is 2.17. The van der Waals surface area contributed by atoms with Gasteiger partial charge in [-0.2, -0.15) is 12.6 Å². The Bertz CT molecular complexity index is 265. The zero-order valence-corrected chi connectivity index (χ0v) is 10.9. The molecule has 1 rings (SSSR count). The molecule has 0 saturated carbocycles. The normalized spacial score (nSPS) is 17.9. The van der Waals surface area contributed by atoms with Crippen LogP contribution in [-0.2, 0) is 9.59 Å². The molecule has 1 saturated heterocycles. The van der Waals surface area contributed by atoms with Crippen molar-refractivity contribution < 1.29 is 9.59 Å². The van der Waals surface area contributed by atoms with Crippen molar-refractivity contribution in [2.24, 2.45) is 5.73 Å². The number of thiol groups is 1. The van der Waals surface area contributed by atoms with Gasteiger partial charge in [-0.3, -0.25) is 9.59 Å². The summed E-state index contributed by atoms with van der Waals surface area (Å²) in [5, 5.41) is 3.00. The van der Waals surface area contributed by atoms with Gasteiger partial charge in [0.1, 0.15) is 0 Å². The summed E-state index contributed by atoms with van der Waals surface area (Å²) in [6.07, 6.45) is 2.77. The lowest BCUT2D eigenvalue weighted by Gasteiger charge is -2.32. The number of nitrogens with one attached hydrogen (secondary N) is 1. The highest BCUT2D eigenvalue weighted by Gasteiger charge is 2.20. The van der Waals surface area contributed by atoms with Crippen LogP contribution in [0.3, 0.4) is 0 Å². The van der Waals surface area contributed by atoms with Crippen LogP contribution in [-0.4, -0.2) is 48.1 Å². The van der Waals surface area contributed by atoms with E-state index in [4.69, 9.17) is 5.73 Å². The Balaban J connectivity index is 2.17. The van der Waals surface area contributed by atoms with E-state index in [1.807, 2.05) is 0 Å². The lowest BCUT2D eigenvalue weighted by atomic mass is 10.0. The highest BCUT2D eigenvalue weighted by molar-refractivity contribution is 7.80. The predicted octanol–water partition coefficient (Wildman–Crippen LogP) is -0.238. The van der Waals surface area contributed by atoms with Gasteiger partial charge in [0.25, 0.3) is 0 Å². The van der Waals surface area contributed by atoms with E-state index in [-0.39, 0.29) is 17.9 Å². The van der Waals surface area contributed by atoms with Gasteiger partial charge < -0.3 is 16.0 Å². The van der Waals surface area contributed by atoms with Gasteiger partial charge in [-0.25, -0.2) is 0 Å². The monoisotopic (exact) mass is 259 g/mol. The van der Waals surface area contributed by atoms with Crippen LogP contribution < -0.4 is 11.1 Å².